The van der Waals surface area contributed by atoms with Gasteiger partial charge in [0.05, 0.1) is 0 Å². The Labute approximate surface area is 87.4 Å². The van der Waals surface area contributed by atoms with Gasteiger partial charge in [-0.05, 0) is 0 Å². The van der Waals surface area contributed by atoms with Crippen molar-refractivity contribution >= 4 is 40.3 Å². The van der Waals surface area contributed by atoms with E-state index in [-0.39, 0.29) is 14.3 Å². The topological polar surface area (TPSA) is 0 Å². The summed E-state index contributed by atoms with van der Waals surface area (Å²) in [5.41, 5.74) is 0. The molecule has 0 fully saturated rings. The molecular formula is C9H14GeTe. The molecule has 1 aromatic carbocycles. The molecule has 1 rings (SSSR count). The van der Waals surface area contributed by atoms with Gasteiger partial charge in [0.25, 0.3) is 0 Å². The van der Waals surface area contributed by atoms with Crippen LogP contribution in [0.5, 0.6) is 0 Å². The monoisotopic (exact) mass is 326 g/mol. The minimum atomic E-state index is -0.333. The zero-order valence-electron chi connectivity index (χ0n) is 7.29. The van der Waals surface area contributed by atoms with Gasteiger partial charge in [-0.1, -0.05) is 0 Å². The summed E-state index contributed by atoms with van der Waals surface area (Å²) in [5.74, 6) is 7.00. The van der Waals surface area contributed by atoms with Crippen molar-refractivity contribution < 1.29 is 0 Å². The molecule has 0 atom stereocenters. The van der Waals surface area contributed by atoms with Crippen LogP contribution in [-0.2, 0) is 0 Å². The number of benzene rings is 1. The van der Waals surface area contributed by atoms with Crippen molar-refractivity contribution in [1.29, 1.82) is 0 Å². The first kappa shape index (κ1) is 11.6. The van der Waals surface area contributed by atoms with Crippen LogP contribution in [0.3, 0.4) is 0 Å². The van der Waals surface area contributed by atoms with E-state index in [1.807, 2.05) is 40.5 Å². The van der Waals surface area contributed by atoms with Crippen molar-refractivity contribution in [1.82, 2.24) is 0 Å². The normalized spacial score (nSPS) is 8.73. The molecular weight excluding hydrogens is 308 g/mol. The van der Waals surface area contributed by atoms with Crippen LogP contribution in [0.1, 0.15) is 0 Å². The number of hydrogen-bond donors (Lipinski definition) is 0. The maximum atomic E-state index is 2.33. The molecule has 2 radical (unpaired) electrons. The molecule has 0 bridgehead atoms. The Morgan fingerprint density at radius 1 is 1.00 bits per heavy atom. The summed E-state index contributed by atoms with van der Waals surface area (Å²) in [5, 5.41) is 0. The van der Waals surface area contributed by atoms with Crippen molar-refractivity contribution in [2.75, 3.05) is 0 Å². The molecule has 0 amide bonds. The van der Waals surface area contributed by atoms with Crippen LogP contribution >= 0.6 is 0 Å². The standard InChI is InChI=1S/C6H5Te.C3H9Ge/c7-6-4-2-1-3-5-6;1-4(2)3/h1-5H;1-3H3. The summed E-state index contributed by atoms with van der Waals surface area (Å²) in [6.45, 7) is 0. The van der Waals surface area contributed by atoms with Crippen LogP contribution in [0.15, 0.2) is 30.3 Å². The summed E-state index contributed by atoms with van der Waals surface area (Å²) in [7, 11) is 0. The molecule has 0 aromatic heterocycles. The second kappa shape index (κ2) is 7.21. The van der Waals surface area contributed by atoms with Gasteiger partial charge in [0.1, 0.15) is 0 Å². The van der Waals surface area contributed by atoms with E-state index in [9.17, 15) is 0 Å². The summed E-state index contributed by atoms with van der Waals surface area (Å²) < 4.78 is 1.33. The van der Waals surface area contributed by atoms with Gasteiger partial charge in [0, 0.05) is 0 Å². The summed E-state index contributed by atoms with van der Waals surface area (Å²) in [6.07, 6.45) is 0. The van der Waals surface area contributed by atoms with Gasteiger partial charge in [-0.2, -0.15) is 0 Å². The van der Waals surface area contributed by atoms with Crippen LogP contribution in [0.25, 0.3) is 0 Å². The van der Waals surface area contributed by atoms with E-state index in [1.165, 1.54) is 3.61 Å². The molecule has 1 aromatic rings. The zero-order valence-corrected chi connectivity index (χ0v) is 11.7. The maximum absolute atomic E-state index is 2.33. The van der Waals surface area contributed by atoms with Crippen molar-refractivity contribution in [3.63, 3.8) is 0 Å². The van der Waals surface area contributed by atoms with Crippen LogP contribution in [0.4, 0.5) is 0 Å². The van der Waals surface area contributed by atoms with Crippen LogP contribution < -0.4 is 3.61 Å². The van der Waals surface area contributed by atoms with Gasteiger partial charge in [0.2, 0.25) is 0 Å². The molecule has 0 aliphatic carbocycles. The molecule has 0 unspecified atom stereocenters. The van der Waals surface area contributed by atoms with Gasteiger partial charge in [-0.3, -0.25) is 0 Å². The Kier molecular flexibility index (Phi) is 7.58. The fourth-order valence-electron chi connectivity index (χ4n) is 0.420. The second-order valence-corrected chi connectivity index (χ2v) is 10.5. The molecule has 0 aliphatic rings. The summed E-state index contributed by atoms with van der Waals surface area (Å²) >= 11 is 1.68. The fraction of sp³-hybridized carbons (Fsp3) is 0.333. The van der Waals surface area contributed by atoms with E-state index in [1.54, 1.807) is 0 Å². The average Bonchev–Trinajstić information content (AvgIpc) is 1.87. The van der Waals surface area contributed by atoms with Gasteiger partial charge in [-0.15, -0.1) is 0 Å². The third-order valence-corrected chi connectivity index (χ3v) is 1.52. The van der Waals surface area contributed by atoms with E-state index < -0.39 is 0 Å². The SMILES string of the molecule is [CH3][Ge]([CH3])[CH3].[Te]c1ccccc1. The van der Waals surface area contributed by atoms with Crippen molar-refractivity contribution in [2.45, 2.75) is 17.3 Å². The van der Waals surface area contributed by atoms with E-state index in [0.717, 1.165) is 0 Å². The molecule has 0 spiro atoms. The molecule has 0 heterocycles. The molecule has 11 heavy (non-hydrogen) atoms. The van der Waals surface area contributed by atoms with Gasteiger partial charge in [0.15, 0.2) is 0 Å². The Bertz CT molecular complexity index is 169. The van der Waals surface area contributed by atoms with Crippen molar-refractivity contribution in [3.8, 4) is 0 Å². The Morgan fingerprint density at radius 3 is 1.55 bits per heavy atom. The van der Waals surface area contributed by atoms with Crippen molar-refractivity contribution in [3.05, 3.63) is 30.3 Å². The van der Waals surface area contributed by atoms with Crippen LogP contribution in [0, 0.1) is 0 Å². The van der Waals surface area contributed by atoms with E-state index in [0.29, 0.717) is 0 Å². The molecule has 60 valence electrons. The third kappa shape index (κ3) is 10.6. The predicted molar refractivity (Wildman–Crippen MR) is 55.2 cm³/mol. The second-order valence-electron chi connectivity index (χ2n) is 2.81. The third-order valence-electron chi connectivity index (χ3n) is 0.743. The Morgan fingerprint density at radius 2 is 1.36 bits per heavy atom. The Hall–Kier alpha value is 0.552. The first-order chi connectivity index (χ1) is 5.13. The molecule has 0 nitrogen and oxygen atoms in total. The zero-order chi connectivity index (χ0) is 8.69. The van der Waals surface area contributed by atoms with Crippen LogP contribution in [-0.4, -0.2) is 36.6 Å². The molecule has 0 aliphatic heterocycles. The summed E-state index contributed by atoms with van der Waals surface area (Å²) in [6, 6.07) is 10.3. The average molecular weight is 322 g/mol. The molecule has 0 saturated heterocycles. The summed E-state index contributed by atoms with van der Waals surface area (Å²) in [4.78, 5) is 0. The van der Waals surface area contributed by atoms with Gasteiger partial charge in [-0.25, -0.2) is 0 Å². The molecule has 2 heteroatoms. The van der Waals surface area contributed by atoms with E-state index in [4.69, 9.17) is 0 Å². The van der Waals surface area contributed by atoms with Crippen LogP contribution in [0.2, 0.25) is 17.3 Å². The number of hydrogen-bond acceptors (Lipinski definition) is 0. The first-order valence-corrected chi connectivity index (χ1v) is 11.1. The van der Waals surface area contributed by atoms with Crippen molar-refractivity contribution in [2.24, 2.45) is 0 Å². The first-order valence-electron chi connectivity index (χ1n) is 3.61. The molecule has 0 saturated carbocycles. The quantitative estimate of drug-likeness (QED) is 0.640. The van der Waals surface area contributed by atoms with E-state index in [2.05, 4.69) is 29.4 Å². The number of rotatable bonds is 0. The van der Waals surface area contributed by atoms with Gasteiger partial charge < -0.3 is 0 Å². The predicted octanol–water partition coefficient (Wildman–Crippen LogP) is 1.85. The fourth-order valence-corrected chi connectivity index (χ4v) is 0.869. The van der Waals surface area contributed by atoms with Gasteiger partial charge >= 0.3 is 87.9 Å². The Balaban J connectivity index is 0.000000218. The van der Waals surface area contributed by atoms with E-state index >= 15 is 0 Å². The minimum absolute atomic E-state index is 0.333. The molecule has 0 N–H and O–H groups in total.